The Morgan fingerprint density at radius 3 is 1.58 bits per heavy atom. The Balaban J connectivity index is 5.73. The van der Waals surface area contributed by atoms with Gasteiger partial charge < -0.3 is 28.5 Å². The molecular formula is C13H29NO8P2. The molecular weight excluding hydrogens is 360 g/mol. The normalized spacial score (nSPS) is 12.6. The third-order valence-corrected chi connectivity index (χ3v) is 8.31. The van der Waals surface area contributed by atoms with Crippen LogP contribution in [0.15, 0.2) is 0 Å². The van der Waals surface area contributed by atoms with E-state index in [-0.39, 0.29) is 45.9 Å². The molecule has 0 aromatic carbocycles. The Kier molecular flexibility index (Phi) is 12.0. The maximum absolute atomic E-state index is 13.1. The van der Waals surface area contributed by atoms with Crippen molar-refractivity contribution in [3.05, 3.63) is 0 Å². The number of rotatable bonds is 14. The minimum absolute atomic E-state index is 0.0263. The van der Waals surface area contributed by atoms with E-state index in [4.69, 9.17) is 23.2 Å². The number of hydrogen-bond donors (Lipinski definition) is 2. The minimum atomic E-state index is -4.00. The van der Waals surface area contributed by atoms with E-state index in [1.54, 1.807) is 27.7 Å². The fourth-order valence-electron chi connectivity index (χ4n) is 1.86. The SMILES string of the molecule is CCOP(=O)(OCC)C(NC(=O)CCCO)P(=O)(OCC)OCC. The number of carbonyl (C=O) groups excluding carboxylic acids is 1. The lowest BCUT2D eigenvalue weighted by Crippen LogP contribution is -2.37. The highest BCUT2D eigenvalue weighted by atomic mass is 31.2. The molecule has 0 aromatic heterocycles. The van der Waals surface area contributed by atoms with Crippen molar-refractivity contribution in [1.82, 2.24) is 5.32 Å². The predicted molar refractivity (Wildman–Crippen MR) is 90.0 cm³/mol. The van der Waals surface area contributed by atoms with Crippen LogP contribution in [0.3, 0.4) is 0 Å². The summed E-state index contributed by atoms with van der Waals surface area (Å²) in [5.74, 6) is -0.562. The van der Waals surface area contributed by atoms with E-state index >= 15 is 0 Å². The zero-order valence-corrected chi connectivity index (χ0v) is 16.5. The number of nitrogens with one attached hydrogen (secondary N) is 1. The highest BCUT2D eigenvalue weighted by Gasteiger charge is 2.51. The van der Waals surface area contributed by atoms with Crippen LogP contribution in [0.4, 0.5) is 0 Å². The number of aliphatic hydroxyl groups is 1. The summed E-state index contributed by atoms with van der Waals surface area (Å²) in [5.41, 5.74) is -1.57. The molecule has 0 aliphatic rings. The average Bonchev–Trinajstić information content (AvgIpc) is 2.51. The van der Waals surface area contributed by atoms with Crippen LogP contribution in [0.5, 0.6) is 0 Å². The number of aliphatic hydroxyl groups excluding tert-OH is 1. The number of carbonyl (C=O) groups is 1. The molecule has 0 unspecified atom stereocenters. The Bertz CT molecular complexity index is 409. The van der Waals surface area contributed by atoms with Gasteiger partial charge in [-0.15, -0.1) is 0 Å². The lowest BCUT2D eigenvalue weighted by molar-refractivity contribution is -0.121. The first-order chi connectivity index (χ1) is 11.3. The quantitative estimate of drug-likeness (QED) is 0.435. The first-order valence-corrected chi connectivity index (χ1v) is 11.2. The molecule has 9 nitrogen and oxygen atoms in total. The topological polar surface area (TPSA) is 120 Å². The van der Waals surface area contributed by atoms with Gasteiger partial charge in [-0.3, -0.25) is 13.9 Å². The van der Waals surface area contributed by atoms with Gasteiger partial charge in [-0.1, -0.05) is 0 Å². The lowest BCUT2D eigenvalue weighted by atomic mass is 10.3. The molecule has 0 atom stereocenters. The van der Waals surface area contributed by atoms with E-state index in [0.717, 1.165) is 0 Å². The molecule has 144 valence electrons. The van der Waals surface area contributed by atoms with E-state index in [0.29, 0.717) is 0 Å². The van der Waals surface area contributed by atoms with Crippen LogP contribution in [0.2, 0.25) is 0 Å². The van der Waals surface area contributed by atoms with Crippen LogP contribution < -0.4 is 5.32 Å². The summed E-state index contributed by atoms with van der Waals surface area (Å²) >= 11 is 0. The van der Waals surface area contributed by atoms with E-state index < -0.39 is 26.6 Å². The van der Waals surface area contributed by atoms with Crippen molar-refractivity contribution < 1.29 is 37.1 Å². The van der Waals surface area contributed by atoms with Crippen LogP contribution in [0.1, 0.15) is 40.5 Å². The molecule has 0 radical (unpaired) electrons. The summed E-state index contributed by atoms with van der Waals surface area (Å²) in [6.07, 6.45) is 0.170. The smallest absolute Gasteiger partial charge is 0.365 e. The third-order valence-electron chi connectivity index (χ3n) is 2.69. The van der Waals surface area contributed by atoms with Crippen molar-refractivity contribution in [2.45, 2.75) is 46.1 Å². The van der Waals surface area contributed by atoms with Gasteiger partial charge in [-0.2, -0.15) is 0 Å². The molecule has 0 bridgehead atoms. The highest BCUT2D eigenvalue weighted by molar-refractivity contribution is 7.72. The molecule has 0 aliphatic heterocycles. The molecule has 0 saturated heterocycles. The second kappa shape index (κ2) is 12.1. The Labute approximate surface area is 143 Å². The molecule has 0 saturated carbocycles. The fourth-order valence-corrected chi connectivity index (χ4v) is 6.81. The Hall–Kier alpha value is -0.270. The maximum atomic E-state index is 13.1. The molecule has 0 spiro atoms. The van der Waals surface area contributed by atoms with Gasteiger partial charge in [-0.25, -0.2) is 0 Å². The van der Waals surface area contributed by atoms with Gasteiger partial charge in [0.25, 0.3) is 0 Å². The molecule has 24 heavy (non-hydrogen) atoms. The van der Waals surface area contributed by atoms with Crippen LogP contribution in [0, 0.1) is 0 Å². The summed E-state index contributed by atoms with van der Waals surface area (Å²) in [7, 11) is -8.01. The van der Waals surface area contributed by atoms with Gasteiger partial charge in [0.15, 0.2) is 0 Å². The van der Waals surface area contributed by atoms with Gasteiger partial charge in [-0.05, 0) is 34.1 Å². The summed E-state index contributed by atoms with van der Waals surface area (Å²) in [5, 5.41) is 11.2. The second-order valence-corrected chi connectivity index (χ2v) is 9.15. The average molecular weight is 389 g/mol. The monoisotopic (exact) mass is 389 g/mol. The summed E-state index contributed by atoms with van der Waals surface area (Å²) < 4.78 is 47.0. The Morgan fingerprint density at radius 1 is 0.917 bits per heavy atom. The minimum Gasteiger partial charge on any atom is -0.396 e. The van der Waals surface area contributed by atoms with E-state index in [1.807, 2.05) is 0 Å². The van der Waals surface area contributed by atoms with Gasteiger partial charge >= 0.3 is 15.2 Å². The maximum Gasteiger partial charge on any atom is 0.365 e. The van der Waals surface area contributed by atoms with Gasteiger partial charge in [0.2, 0.25) is 11.4 Å². The van der Waals surface area contributed by atoms with Crippen molar-refractivity contribution >= 4 is 21.1 Å². The molecule has 1 amide bonds. The first kappa shape index (κ1) is 23.7. The van der Waals surface area contributed by atoms with Crippen molar-refractivity contribution in [1.29, 1.82) is 0 Å². The lowest BCUT2D eigenvalue weighted by Gasteiger charge is -2.31. The molecule has 0 rings (SSSR count). The van der Waals surface area contributed by atoms with Gasteiger partial charge in [0, 0.05) is 13.0 Å². The fraction of sp³-hybridized carbons (Fsp3) is 0.923. The van der Waals surface area contributed by atoms with Gasteiger partial charge in [0.1, 0.15) is 0 Å². The van der Waals surface area contributed by atoms with Crippen LogP contribution in [-0.2, 0) is 32.0 Å². The van der Waals surface area contributed by atoms with Crippen molar-refractivity contribution in [2.75, 3.05) is 33.0 Å². The molecule has 0 heterocycles. The summed E-state index contributed by atoms with van der Waals surface area (Å²) in [6, 6.07) is 0. The molecule has 0 fully saturated rings. The molecule has 2 N–H and O–H groups in total. The molecule has 11 heteroatoms. The summed E-state index contributed by atoms with van der Waals surface area (Å²) in [4.78, 5) is 12.0. The largest absolute Gasteiger partial charge is 0.396 e. The summed E-state index contributed by atoms with van der Waals surface area (Å²) in [6.45, 7) is 6.33. The predicted octanol–water partition coefficient (Wildman–Crippen LogP) is 2.69. The van der Waals surface area contributed by atoms with Crippen molar-refractivity contribution in [2.24, 2.45) is 0 Å². The third kappa shape index (κ3) is 7.31. The van der Waals surface area contributed by atoms with Crippen LogP contribution in [-0.4, -0.2) is 49.6 Å². The standard InChI is InChI=1S/C13H29NO8P2/c1-5-19-23(17,20-6-2)13(14-12(16)10-9-11-15)24(18,21-7-3)22-8-4/h13,15H,5-11H2,1-4H3,(H,14,16). The highest BCUT2D eigenvalue weighted by Crippen LogP contribution is 2.69. The zero-order valence-electron chi connectivity index (χ0n) is 14.7. The Morgan fingerprint density at radius 2 is 1.29 bits per heavy atom. The van der Waals surface area contributed by atoms with E-state index in [2.05, 4.69) is 5.32 Å². The second-order valence-electron chi connectivity index (χ2n) is 4.52. The van der Waals surface area contributed by atoms with Crippen molar-refractivity contribution in [3.8, 4) is 0 Å². The first-order valence-electron chi connectivity index (χ1n) is 8.01. The van der Waals surface area contributed by atoms with Crippen LogP contribution in [0.25, 0.3) is 0 Å². The zero-order chi connectivity index (χ0) is 18.6. The van der Waals surface area contributed by atoms with E-state index in [9.17, 15) is 13.9 Å². The van der Waals surface area contributed by atoms with Crippen molar-refractivity contribution in [3.63, 3.8) is 0 Å². The molecule has 0 aliphatic carbocycles. The van der Waals surface area contributed by atoms with E-state index in [1.165, 1.54) is 0 Å². The molecule has 0 aromatic rings. The number of hydrogen-bond acceptors (Lipinski definition) is 8. The number of amides is 1. The van der Waals surface area contributed by atoms with Gasteiger partial charge in [0.05, 0.1) is 26.4 Å². The van der Waals surface area contributed by atoms with Crippen LogP contribution >= 0.6 is 15.2 Å².